The molecule has 116 valence electrons. The number of rotatable bonds is 5. The van der Waals surface area contributed by atoms with E-state index in [1.54, 1.807) is 26.4 Å². The lowest BCUT2D eigenvalue weighted by atomic mass is 10.1. The maximum atomic E-state index is 12.4. The van der Waals surface area contributed by atoms with Gasteiger partial charge in [-0.3, -0.25) is 10.1 Å². The van der Waals surface area contributed by atoms with Gasteiger partial charge in [-0.05, 0) is 26.0 Å². The number of aromatic nitrogens is 1. The molecule has 1 heterocycles. The minimum absolute atomic E-state index is 0.235. The minimum atomic E-state index is -0.235. The summed E-state index contributed by atoms with van der Waals surface area (Å²) >= 11 is 1.39. The lowest BCUT2D eigenvalue weighted by molar-refractivity contribution is 0.102. The van der Waals surface area contributed by atoms with Crippen molar-refractivity contribution in [2.75, 3.05) is 19.5 Å². The summed E-state index contributed by atoms with van der Waals surface area (Å²) in [6, 6.07) is 3.42. The fraction of sp³-hybridized carbons (Fsp3) is 0.250. The molecule has 0 spiro atoms. The lowest BCUT2D eigenvalue weighted by Gasteiger charge is -2.13. The number of hydrogen-bond donors (Lipinski definition) is 1. The highest BCUT2D eigenvalue weighted by molar-refractivity contribution is 7.13. The molecule has 0 aliphatic heterocycles. The number of nitrogens with zero attached hydrogens (tertiary/aromatic N) is 1. The smallest absolute Gasteiger partial charge is 0.257 e. The molecule has 5 nitrogen and oxygen atoms in total. The molecule has 2 aromatic rings. The monoisotopic (exact) mass is 318 g/mol. The lowest BCUT2D eigenvalue weighted by Crippen LogP contribution is -2.12. The number of benzene rings is 1. The van der Waals surface area contributed by atoms with E-state index in [1.165, 1.54) is 11.3 Å². The third kappa shape index (κ3) is 3.46. The highest BCUT2D eigenvalue weighted by Crippen LogP contribution is 2.33. The van der Waals surface area contributed by atoms with Crippen molar-refractivity contribution in [3.63, 3.8) is 0 Å². The molecule has 0 saturated carbocycles. The van der Waals surface area contributed by atoms with E-state index in [9.17, 15) is 4.79 Å². The molecule has 1 aromatic carbocycles. The van der Waals surface area contributed by atoms with Gasteiger partial charge in [0, 0.05) is 16.5 Å². The van der Waals surface area contributed by atoms with Gasteiger partial charge in [0.15, 0.2) is 16.6 Å². The molecule has 6 heteroatoms. The number of thiazole rings is 1. The van der Waals surface area contributed by atoms with Crippen LogP contribution >= 0.6 is 11.3 Å². The van der Waals surface area contributed by atoms with Crippen molar-refractivity contribution in [3.8, 4) is 11.5 Å². The Labute approximate surface area is 133 Å². The Kier molecular flexibility index (Phi) is 5.16. The van der Waals surface area contributed by atoms with Crippen molar-refractivity contribution in [1.29, 1.82) is 0 Å². The van der Waals surface area contributed by atoms with Gasteiger partial charge in [0.2, 0.25) is 0 Å². The maximum Gasteiger partial charge on any atom is 0.257 e. The van der Waals surface area contributed by atoms with E-state index in [4.69, 9.17) is 9.47 Å². The van der Waals surface area contributed by atoms with Crippen LogP contribution in [0.1, 0.15) is 28.5 Å². The van der Waals surface area contributed by atoms with Crippen LogP contribution in [0.3, 0.4) is 0 Å². The number of anilines is 1. The Morgan fingerprint density at radius 2 is 2.09 bits per heavy atom. The standard InChI is InChI=1S/C16H18N2O3S/c1-5-6-11-7-12(8-13(20-3)14(11)21-4)15(19)18-16-17-10(2)9-22-16/h5-9H,1-4H3,(H,17,18,19)/b6-5+. The van der Waals surface area contributed by atoms with Crippen LogP contribution in [0.15, 0.2) is 23.6 Å². The Morgan fingerprint density at radius 3 is 2.64 bits per heavy atom. The van der Waals surface area contributed by atoms with Gasteiger partial charge >= 0.3 is 0 Å². The molecule has 0 saturated heterocycles. The van der Waals surface area contributed by atoms with Crippen LogP contribution in [0.5, 0.6) is 11.5 Å². The van der Waals surface area contributed by atoms with Crippen molar-refractivity contribution in [2.24, 2.45) is 0 Å². The van der Waals surface area contributed by atoms with E-state index in [1.807, 2.05) is 31.4 Å². The van der Waals surface area contributed by atoms with Gasteiger partial charge in [-0.15, -0.1) is 11.3 Å². The summed E-state index contributed by atoms with van der Waals surface area (Å²) in [4.78, 5) is 16.6. The summed E-state index contributed by atoms with van der Waals surface area (Å²) in [6.45, 7) is 3.78. The molecule has 1 N–H and O–H groups in total. The second-order valence-electron chi connectivity index (χ2n) is 4.55. The number of aryl methyl sites for hydroxylation is 1. The first kappa shape index (κ1) is 16.0. The van der Waals surface area contributed by atoms with Crippen LogP contribution in [0.4, 0.5) is 5.13 Å². The van der Waals surface area contributed by atoms with E-state index in [0.717, 1.165) is 11.3 Å². The fourth-order valence-electron chi connectivity index (χ4n) is 2.01. The molecule has 2 rings (SSSR count). The number of hydrogen-bond acceptors (Lipinski definition) is 5. The highest BCUT2D eigenvalue weighted by Gasteiger charge is 2.15. The van der Waals surface area contributed by atoms with Crippen LogP contribution in [-0.4, -0.2) is 25.1 Å². The number of carbonyl (C=O) groups is 1. The number of allylic oxidation sites excluding steroid dienone is 1. The van der Waals surface area contributed by atoms with Gasteiger partial charge in [-0.1, -0.05) is 12.2 Å². The average Bonchev–Trinajstić information content (AvgIpc) is 2.91. The number of amides is 1. The third-order valence-electron chi connectivity index (χ3n) is 2.96. The quantitative estimate of drug-likeness (QED) is 0.912. The summed E-state index contributed by atoms with van der Waals surface area (Å²) in [5.74, 6) is 0.877. The van der Waals surface area contributed by atoms with Crippen LogP contribution in [0.25, 0.3) is 6.08 Å². The van der Waals surface area contributed by atoms with Crippen molar-refractivity contribution < 1.29 is 14.3 Å². The van der Waals surface area contributed by atoms with Gasteiger partial charge in [-0.25, -0.2) is 4.98 Å². The molecule has 22 heavy (non-hydrogen) atoms. The van der Waals surface area contributed by atoms with Crippen molar-refractivity contribution in [2.45, 2.75) is 13.8 Å². The Bertz CT molecular complexity index is 707. The Balaban J connectivity index is 2.37. The van der Waals surface area contributed by atoms with E-state index < -0.39 is 0 Å². The van der Waals surface area contributed by atoms with Crippen molar-refractivity contribution in [1.82, 2.24) is 4.98 Å². The largest absolute Gasteiger partial charge is 0.493 e. The topological polar surface area (TPSA) is 60.5 Å². The van der Waals surface area contributed by atoms with E-state index in [2.05, 4.69) is 10.3 Å². The predicted molar refractivity (Wildman–Crippen MR) is 89.1 cm³/mol. The summed E-state index contributed by atoms with van der Waals surface area (Å²) < 4.78 is 10.7. The molecule has 1 aromatic heterocycles. The summed E-state index contributed by atoms with van der Waals surface area (Å²) in [7, 11) is 3.12. The first-order valence-corrected chi connectivity index (χ1v) is 7.59. The van der Waals surface area contributed by atoms with E-state index >= 15 is 0 Å². The van der Waals surface area contributed by atoms with E-state index in [0.29, 0.717) is 22.2 Å². The zero-order valence-electron chi connectivity index (χ0n) is 13.0. The molecule has 1 amide bonds. The van der Waals surface area contributed by atoms with Crippen LogP contribution in [0.2, 0.25) is 0 Å². The fourth-order valence-corrected chi connectivity index (χ4v) is 2.69. The Hall–Kier alpha value is -2.34. The first-order valence-electron chi connectivity index (χ1n) is 6.71. The Morgan fingerprint density at radius 1 is 1.32 bits per heavy atom. The molecule has 0 aliphatic carbocycles. The molecular formula is C16H18N2O3S. The van der Waals surface area contributed by atoms with Crippen molar-refractivity contribution in [3.05, 3.63) is 40.4 Å². The third-order valence-corrected chi connectivity index (χ3v) is 3.83. The van der Waals surface area contributed by atoms with Gasteiger partial charge in [0.05, 0.1) is 19.9 Å². The molecule has 0 bridgehead atoms. The average molecular weight is 318 g/mol. The predicted octanol–water partition coefficient (Wildman–Crippen LogP) is 3.75. The molecule has 0 fully saturated rings. The second kappa shape index (κ2) is 7.09. The zero-order valence-corrected chi connectivity index (χ0v) is 13.8. The summed E-state index contributed by atoms with van der Waals surface area (Å²) in [5, 5.41) is 5.24. The van der Waals surface area contributed by atoms with Gasteiger partial charge < -0.3 is 9.47 Å². The van der Waals surface area contributed by atoms with Crippen LogP contribution in [0, 0.1) is 6.92 Å². The number of ether oxygens (including phenoxy) is 2. The number of nitrogens with one attached hydrogen (secondary N) is 1. The zero-order chi connectivity index (χ0) is 16.1. The van der Waals surface area contributed by atoms with Gasteiger partial charge in [0.25, 0.3) is 5.91 Å². The molecule has 0 atom stereocenters. The normalized spacial score (nSPS) is 10.7. The SMILES string of the molecule is C/C=C/c1cc(C(=O)Nc2nc(C)cs2)cc(OC)c1OC. The first-order chi connectivity index (χ1) is 10.6. The highest BCUT2D eigenvalue weighted by atomic mass is 32.1. The van der Waals surface area contributed by atoms with Gasteiger partial charge in [-0.2, -0.15) is 0 Å². The molecular weight excluding hydrogens is 300 g/mol. The molecule has 0 unspecified atom stereocenters. The number of carbonyl (C=O) groups excluding carboxylic acids is 1. The summed E-state index contributed by atoms with van der Waals surface area (Å²) in [6.07, 6.45) is 3.74. The van der Waals surface area contributed by atoms with Crippen LogP contribution in [-0.2, 0) is 0 Å². The van der Waals surface area contributed by atoms with E-state index in [-0.39, 0.29) is 5.91 Å². The van der Waals surface area contributed by atoms with Crippen molar-refractivity contribution >= 4 is 28.5 Å². The van der Waals surface area contributed by atoms with Gasteiger partial charge in [0.1, 0.15) is 0 Å². The second-order valence-corrected chi connectivity index (χ2v) is 5.41. The minimum Gasteiger partial charge on any atom is -0.493 e. The molecule has 0 radical (unpaired) electrons. The molecule has 0 aliphatic rings. The van der Waals surface area contributed by atoms with Crippen LogP contribution < -0.4 is 14.8 Å². The maximum absolute atomic E-state index is 12.4. The summed E-state index contributed by atoms with van der Waals surface area (Å²) in [5.41, 5.74) is 2.14. The number of methoxy groups -OCH3 is 2.